The van der Waals surface area contributed by atoms with Gasteiger partial charge in [-0.1, -0.05) is 42.5 Å². The van der Waals surface area contributed by atoms with Gasteiger partial charge in [0.15, 0.2) is 6.10 Å². The molecular formula is C30H30F3N3O5. The number of phenolic OH excluding ortho intramolecular Hbond substituents is 1. The Labute approximate surface area is 234 Å². The van der Waals surface area contributed by atoms with E-state index in [1.165, 1.54) is 24.3 Å². The van der Waals surface area contributed by atoms with Crippen molar-refractivity contribution in [2.24, 2.45) is 0 Å². The maximum Gasteiger partial charge on any atom is 0.254 e. The number of nitrogens with one attached hydrogen (secondary N) is 2. The number of halogens is 3. The van der Waals surface area contributed by atoms with Gasteiger partial charge in [0, 0.05) is 29.7 Å². The molecule has 41 heavy (non-hydrogen) atoms. The molecule has 216 valence electrons. The van der Waals surface area contributed by atoms with E-state index in [0.29, 0.717) is 11.1 Å². The highest BCUT2D eigenvalue weighted by molar-refractivity contribution is 5.97. The third-order valence-corrected chi connectivity index (χ3v) is 7.14. The van der Waals surface area contributed by atoms with Crippen LogP contribution in [0.4, 0.5) is 13.2 Å². The molecule has 0 aromatic heterocycles. The van der Waals surface area contributed by atoms with Gasteiger partial charge in [-0.3, -0.25) is 14.4 Å². The van der Waals surface area contributed by atoms with Gasteiger partial charge in [0.1, 0.15) is 29.6 Å². The number of carbonyl (C=O) groups is 3. The number of amides is 3. The normalized spacial score (nSPS) is 18.0. The van der Waals surface area contributed by atoms with Gasteiger partial charge in [0.2, 0.25) is 5.91 Å². The summed E-state index contributed by atoms with van der Waals surface area (Å²) in [5.74, 6) is -4.33. The first-order valence-electron chi connectivity index (χ1n) is 13.0. The summed E-state index contributed by atoms with van der Waals surface area (Å²) < 4.78 is 42.5. The number of aromatic hydroxyl groups is 1. The summed E-state index contributed by atoms with van der Waals surface area (Å²) in [4.78, 5) is 40.4. The molecule has 4 N–H and O–H groups in total. The summed E-state index contributed by atoms with van der Waals surface area (Å²) in [6.45, 7) is 0.533. The third-order valence-electron chi connectivity index (χ3n) is 7.14. The minimum atomic E-state index is -1.87. The summed E-state index contributed by atoms with van der Waals surface area (Å²) >= 11 is 0. The van der Waals surface area contributed by atoms with Crippen LogP contribution in [0.25, 0.3) is 0 Å². The number of aliphatic hydroxyl groups is 1. The van der Waals surface area contributed by atoms with Gasteiger partial charge in [-0.2, -0.15) is 0 Å². The zero-order valence-electron chi connectivity index (χ0n) is 22.2. The second kappa shape index (κ2) is 12.9. The SMILES string of the molecule is Cc1c(O)cccc1C(=O)N[C@@H](Cc1ccccc1)[C@H](O)C(=O)N1C[C@@H](F)C[C@H]1C(=O)NCc1c(F)cccc1F. The lowest BCUT2D eigenvalue weighted by molar-refractivity contribution is -0.146. The van der Waals surface area contributed by atoms with Crippen LogP contribution in [-0.4, -0.2) is 63.7 Å². The van der Waals surface area contributed by atoms with E-state index in [9.17, 15) is 37.8 Å². The molecule has 0 unspecified atom stereocenters. The van der Waals surface area contributed by atoms with Crippen molar-refractivity contribution >= 4 is 17.7 Å². The maximum absolute atomic E-state index is 14.5. The molecule has 1 aliphatic rings. The smallest absolute Gasteiger partial charge is 0.254 e. The van der Waals surface area contributed by atoms with Gasteiger partial charge in [0.25, 0.3) is 11.8 Å². The van der Waals surface area contributed by atoms with Crippen LogP contribution < -0.4 is 10.6 Å². The zero-order chi connectivity index (χ0) is 29.7. The van der Waals surface area contributed by atoms with Crippen molar-refractivity contribution in [3.63, 3.8) is 0 Å². The monoisotopic (exact) mass is 569 g/mol. The van der Waals surface area contributed by atoms with Crippen molar-refractivity contribution in [1.82, 2.24) is 15.5 Å². The van der Waals surface area contributed by atoms with E-state index in [4.69, 9.17) is 0 Å². The van der Waals surface area contributed by atoms with Crippen LogP contribution in [0.5, 0.6) is 5.75 Å². The summed E-state index contributed by atoms with van der Waals surface area (Å²) in [7, 11) is 0. The largest absolute Gasteiger partial charge is 0.508 e. The Kier molecular flexibility index (Phi) is 9.28. The summed E-state index contributed by atoms with van der Waals surface area (Å²) in [6, 6.07) is 13.8. The number of phenols is 1. The van der Waals surface area contributed by atoms with E-state index in [1.807, 2.05) is 0 Å². The molecule has 3 aromatic rings. The lowest BCUT2D eigenvalue weighted by atomic mass is 9.98. The van der Waals surface area contributed by atoms with Crippen molar-refractivity contribution in [3.8, 4) is 5.75 Å². The van der Waals surface area contributed by atoms with Crippen molar-refractivity contribution in [2.75, 3.05) is 6.54 Å². The molecule has 3 aromatic carbocycles. The molecule has 0 spiro atoms. The Morgan fingerprint density at radius 1 is 1.00 bits per heavy atom. The molecule has 0 aliphatic carbocycles. The number of hydrogen-bond acceptors (Lipinski definition) is 5. The molecule has 0 radical (unpaired) electrons. The lowest BCUT2D eigenvalue weighted by Crippen LogP contribution is -2.55. The van der Waals surface area contributed by atoms with E-state index in [1.54, 1.807) is 37.3 Å². The quantitative estimate of drug-likeness (QED) is 0.316. The van der Waals surface area contributed by atoms with Crippen LogP contribution in [0.15, 0.2) is 66.7 Å². The van der Waals surface area contributed by atoms with Gasteiger partial charge in [0.05, 0.1) is 12.6 Å². The molecule has 1 fully saturated rings. The lowest BCUT2D eigenvalue weighted by Gasteiger charge is -2.30. The Morgan fingerprint density at radius 2 is 1.66 bits per heavy atom. The van der Waals surface area contributed by atoms with Gasteiger partial charge in [-0.05, 0) is 43.2 Å². The van der Waals surface area contributed by atoms with Crippen LogP contribution in [0.1, 0.15) is 33.5 Å². The van der Waals surface area contributed by atoms with Gasteiger partial charge < -0.3 is 25.7 Å². The second-order valence-electron chi connectivity index (χ2n) is 9.92. The fourth-order valence-corrected chi connectivity index (χ4v) is 4.84. The van der Waals surface area contributed by atoms with E-state index >= 15 is 0 Å². The van der Waals surface area contributed by atoms with E-state index in [2.05, 4.69) is 10.6 Å². The van der Waals surface area contributed by atoms with E-state index < -0.39 is 66.8 Å². The predicted octanol–water partition coefficient (Wildman–Crippen LogP) is 2.94. The van der Waals surface area contributed by atoms with Crippen molar-refractivity contribution in [1.29, 1.82) is 0 Å². The third kappa shape index (κ3) is 6.86. The summed E-state index contributed by atoms with van der Waals surface area (Å²) in [6.07, 6.45) is -3.80. The topological polar surface area (TPSA) is 119 Å². The Balaban J connectivity index is 1.53. The Bertz CT molecular complexity index is 1400. The molecule has 0 bridgehead atoms. The van der Waals surface area contributed by atoms with Crippen LogP contribution in [0.2, 0.25) is 0 Å². The minimum absolute atomic E-state index is 0.0215. The average molecular weight is 570 g/mol. The molecular weight excluding hydrogens is 539 g/mol. The highest BCUT2D eigenvalue weighted by atomic mass is 19.1. The number of carbonyl (C=O) groups excluding carboxylic acids is 3. The molecule has 1 saturated heterocycles. The number of hydrogen-bond donors (Lipinski definition) is 4. The van der Waals surface area contributed by atoms with Crippen LogP contribution in [0, 0.1) is 18.6 Å². The number of nitrogens with zero attached hydrogens (tertiary/aromatic N) is 1. The van der Waals surface area contributed by atoms with Crippen molar-refractivity contribution in [2.45, 2.75) is 50.7 Å². The number of likely N-dealkylation sites (tertiary alicyclic amines) is 1. The summed E-state index contributed by atoms with van der Waals surface area (Å²) in [5.41, 5.74) is 0.724. The maximum atomic E-state index is 14.5. The number of aliphatic hydroxyl groups excluding tert-OH is 1. The fraction of sp³-hybridized carbons (Fsp3) is 0.300. The molecule has 1 heterocycles. The van der Waals surface area contributed by atoms with Gasteiger partial charge >= 0.3 is 0 Å². The van der Waals surface area contributed by atoms with Crippen LogP contribution in [-0.2, 0) is 22.6 Å². The standard InChI is InChI=1S/C30H30F3N3O5/c1-17-20(9-5-12-26(17)37)28(39)35-24(13-18-7-3-2-4-8-18)27(38)30(41)36-16-19(31)14-25(36)29(40)34-15-21-22(32)10-6-11-23(21)33/h2-12,19,24-25,27,37-38H,13-16H2,1H3,(H,34,40)(H,35,39)/t19-,24-,25-,27-/m0/s1. The number of alkyl halides is 1. The molecule has 8 nitrogen and oxygen atoms in total. The average Bonchev–Trinajstić information content (AvgIpc) is 3.35. The first-order valence-corrected chi connectivity index (χ1v) is 13.0. The second-order valence-corrected chi connectivity index (χ2v) is 9.92. The number of rotatable bonds is 9. The predicted molar refractivity (Wildman–Crippen MR) is 143 cm³/mol. The number of benzene rings is 3. The first-order chi connectivity index (χ1) is 19.6. The Morgan fingerprint density at radius 3 is 2.34 bits per heavy atom. The molecule has 11 heteroatoms. The molecule has 4 rings (SSSR count). The molecule has 4 atom stereocenters. The van der Waals surface area contributed by atoms with Crippen molar-refractivity contribution < 1.29 is 37.8 Å². The van der Waals surface area contributed by atoms with Crippen molar-refractivity contribution in [3.05, 3.63) is 101 Å². The minimum Gasteiger partial charge on any atom is -0.508 e. The molecule has 3 amide bonds. The highest BCUT2D eigenvalue weighted by Crippen LogP contribution is 2.24. The fourth-order valence-electron chi connectivity index (χ4n) is 4.84. The first kappa shape index (κ1) is 29.6. The van der Waals surface area contributed by atoms with Gasteiger partial charge in [-0.15, -0.1) is 0 Å². The Hall–Kier alpha value is -4.38. The molecule has 0 saturated carbocycles. The molecule has 1 aliphatic heterocycles. The van der Waals surface area contributed by atoms with Crippen LogP contribution in [0.3, 0.4) is 0 Å². The van der Waals surface area contributed by atoms with E-state index in [0.717, 1.165) is 17.0 Å². The highest BCUT2D eigenvalue weighted by Gasteiger charge is 2.43. The summed E-state index contributed by atoms with van der Waals surface area (Å²) in [5, 5.41) is 26.2. The van der Waals surface area contributed by atoms with Gasteiger partial charge in [-0.25, -0.2) is 13.2 Å². The van der Waals surface area contributed by atoms with Crippen LogP contribution >= 0.6 is 0 Å². The van der Waals surface area contributed by atoms with E-state index in [-0.39, 0.29) is 29.7 Å². The zero-order valence-corrected chi connectivity index (χ0v) is 22.2.